The smallest absolute Gasteiger partial charge is 0.257 e. The summed E-state index contributed by atoms with van der Waals surface area (Å²) in [6.45, 7) is 5.15. The Morgan fingerprint density at radius 1 is 1.04 bits per heavy atom. The van der Waals surface area contributed by atoms with E-state index in [0.717, 1.165) is 12.1 Å². The Kier molecular flexibility index (Phi) is 6.55. The van der Waals surface area contributed by atoms with Crippen molar-refractivity contribution in [1.82, 2.24) is 5.32 Å². The molecule has 2 rings (SSSR count). The zero-order valence-corrected chi connectivity index (χ0v) is 15.2. The largest absolute Gasteiger partial charge is 0.322 e. The average Bonchev–Trinajstić information content (AvgIpc) is 2.60. The summed E-state index contributed by atoms with van der Waals surface area (Å²) in [5.74, 6) is -0.426. The molecule has 0 saturated carbocycles. The van der Waals surface area contributed by atoms with Crippen LogP contribution >= 0.6 is 0 Å². The van der Waals surface area contributed by atoms with E-state index in [1.54, 1.807) is 37.3 Å². The molecule has 2 aromatic carbocycles. The third kappa shape index (κ3) is 5.58. The highest BCUT2D eigenvalue weighted by Crippen LogP contribution is 2.19. The van der Waals surface area contributed by atoms with Crippen molar-refractivity contribution in [2.24, 2.45) is 0 Å². The minimum Gasteiger partial charge on any atom is -0.322 e. The minimum absolute atomic E-state index is 0.0601. The van der Waals surface area contributed by atoms with Crippen LogP contribution in [0, 0.1) is 0 Å². The van der Waals surface area contributed by atoms with Gasteiger partial charge in [0.2, 0.25) is 10.0 Å². The topological polar surface area (TPSA) is 87.3 Å². The Morgan fingerprint density at radius 2 is 1.80 bits per heavy atom. The lowest BCUT2D eigenvalue weighted by molar-refractivity contribution is 0.102. The van der Waals surface area contributed by atoms with Crippen molar-refractivity contribution in [1.29, 1.82) is 0 Å². The van der Waals surface area contributed by atoms with Crippen molar-refractivity contribution in [3.8, 4) is 0 Å². The van der Waals surface area contributed by atoms with Gasteiger partial charge in [-0.05, 0) is 43.3 Å². The van der Waals surface area contributed by atoms with Gasteiger partial charge in [0.25, 0.3) is 5.91 Å². The summed E-state index contributed by atoms with van der Waals surface area (Å²) in [6, 6.07) is 14.1. The molecule has 0 unspecified atom stereocenters. The number of hydrogen-bond acceptors (Lipinski definition) is 4. The van der Waals surface area contributed by atoms with Crippen molar-refractivity contribution in [3.63, 3.8) is 0 Å². The van der Waals surface area contributed by atoms with E-state index in [4.69, 9.17) is 0 Å². The van der Waals surface area contributed by atoms with Crippen molar-refractivity contribution in [2.45, 2.75) is 20.4 Å². The predicted octanol–water partition coefficient (Wildman–Crippen LogP) is 2.81. The predicted molar refractivity (Wildman–Crippen MR) is 101 cm³/mol. The Balaban J connectivity index is 2.19. The number of nitrogens with one attached hydrogen (secondary N) is 3. The van der Waals surface area contributed by atoms with Crippen molar-refractivity contribution < 1.29 is 13.2 Å². The fourth-order valence-corrected chi connectivity index (χ4v) is 2.89. The molecule has 7 heteroatoms. The van der Waals surface area contributed by atoms with Gasteiger partial charge in [-0.25, -0.2) is 8.42 Å². The second-order valence-electron chi connectivity index (χ2n) is 5.49. The number of carbonyl (C=O) groups excluding carboxylic acids is 1. The Labute approximate surface area is 148 Å². The normalized spacial score (nSPS) is 11.1. The summed E-state index contributed by atoms with van der Waals surface area (Å²) in [7, 11) is -3.46. The number of rotatable bonds is 8. The van der Waals surface area contributed by atoms with Crippen LogP contribution in [0.25, 0.3) is 0 Å². The monoisotopic (exact) mass is 361 g/mol. The molecule has 0 aromatic heterocycles. The molecule has 134 valence electrons. The molecule has 0 radical (unpaired) electrons. The molecule has 0 heterocycles. The Bertz CT molecular complexity index is 835. The number of amides is 1. The molecule has 0 aliphatic heterocycles. The van der Waals surface area contributed by atoms with Crippen LogP contribution in [0.3, 0.4) is 0 Å². The molecule has 0 fully saturated rings. The second kappa shape index (κ2) is 8.64. The molecule has 0 bridgehead atoms. The molecule has 0 atom stereocenters. The molecule has 0 spiro atoms. The lowest BCUT2D eigenvalue weighted by Gasteiger charge is -2.12. The highest BCUT2D eigenvalue weighted by Gasteiger charge is 2.15. The molecule has 0 aliphatic carbocycles. The maximum atomic E-state index is 12.6. The number of sulfonamides is 1. The van der Waals surface area contributed by atoms with E-state index in [1.165, 1.54) is 0 Å². The molecule has 6 nitrogen and oxygen atoms in total. The number of carbonyl (C=O) groups is 1. The highest BCUT2D eigenvalue weighted by molar-refractivity contribution is 7.92. The number of para-hydroxylation sites is 1. The molecule has 3 N–H and O–H groups in total. The number of benzene rings is 2. The van der Waals surface area contributed by atoms with Crippen LogP contribution in [0.15, 0.2) is 48.5 Å². The second-order valence-corrected chi connectivity index (χ2v) is 7.50. The first-order valence-electron chi connectivity index (χ1n) is 8.15. The van der Waals surface area contributed by atoms with Gasteiger partial charge in [-0.1, -0.05) is 31.2 Å². The first-order chi connectivity index (χ1) is 11.9. The molecular weight excluding hydrogens is 338 g/mol. The number of anilines is 2. The van der Waals surface area contributed by atoms with Crippen LogP contribution in [0.2, 0.25) is 0 Å². The van der Waals surface area contributed by atoms with Crippen LogP contribution < -0.4 is 15.4 Å². The van der Waals surface area contributed by atoms with Gasteiger partial charge in [-0.2, -0.15) is 0 Å². The van der Waals surface area contributed by atoms with E-state index < -0.39 is 10.0 Å². The zero-order valence-electron chi connectivity index (χ0n) is 14.4. The van der Waals surface area contributed by atoms with Crippen molar-refractivity contribution in [3.05, 3.63) is 59.7 Å². The minimum atomic E-state index is -3.46. The van der Waals surface area contributed by atoms with Gasteiger partial charge in [0.15, 0.2) is 0 Å². The van der Waals surface area contributed by atoms with Crippen molar-refractivity contribution in [2.75, 3.05) is 22.3 Å². The summed E-state index contributed by atoms with van der Waals surface area (Å²) >= 11 is 0. The van der Waals surface area contributed by atoms with E-state index in [9.17, 15) is 13.2 Å². The van der Waals surface area contributed by atoms with Crippen LogP contribution in [-0.4, -0.2) is 26.6 Å². The van der Waals surface area contributed by atoms with E-state index in [1.807, 2.05) is 25.1 Å². The molecule has 2 aromatic rings. The molecular formula is C18H23N3O3S. The zero-order chi connectivity index (χ0) is 18.3. The molecule has 1 amide bonds. The summed E-state index contributed by atoms with van der Waals surface area (Å²) in [4.78, 5) is 12.6. The highest BCUT2D eigenvalue weighted by atomic mass is 32.2. The van der Waals surface area contributed by atoms with Crippen LogP contribution in [0.5, 0.6) is 0 Å². The fourth-order valence-electron chi connectivity index (χ4n) is 2.24. The fraction of sp³-hybridized carbons (Fsp3) is 0.278. The Hall–Kier alpha value is -2.38. The van der Waals surface area contributed by atoms with Crippen molar-refractivity contribution >= 4 is 27.3 Å². The van der Waals surface area contributed by atoms with Gasteiger partial charge >= 0.3 is 0 Å². The standard InChI is InChI=1S/C18H23N3O3S/c1-3-19-13-14-8-7-9-15(12-14)20-18(22)16-10-5-6-11-17(16)21-25(23,24)4-2/h5-12,19,21H,3-4,13H2,1-2H3,(H,20,22). The first kappa shape index (κ1) is 19.0. The maximum Gasteiger partial charge on any atom is 0.257 e. The lowest BCUT2D eigenvalue weighted by atomic mass is 10.1. The lowest BCUT2D eigenvalue weighted by Crippen LogP contribution is -2.19. The van der Waals surface area contributed by atoms with Gasteiger partial charge < -0.3 is 10.6 Å². The maximum absolute atomic E-state index is 12.6. The van der Waals surface area contributed by atoms with Gasteiger partial charge in [-0.15, -0.1) is 0 Å². The SMILES string of the molecule is CCNCc1cccc(NC(=O)c2ccccc2NS(=O)(=O)CC)c1. The molecule has 0 aliphatic rings. The third-order valence-electron chi connectivity index (χ3n) is 3.58. The summed E-state index contributed by atoms with van der Waals surface area (Å²) in [6.07, 6.45) is 0. The molecule has 0 saturated heterocycles. The first-order valence-corrected chi connectivity index (χ1v) is 9.81. The summed E-state index contributed by atoms with van der Waals surface area (Å²) in [5, 5.41) is 6.05. The van der Waals surface area contributed by atoms with Gasteiger partial charge in [0.1, 0.15) is 0 Å². The summed E-state index contributed by atoms with van der Waals surface area (Å²) in [5.41, 5.74) is 2.26. The average molecular weight is 361 g/mol. The van der Waals surface area contributed by atoms with Crippen LogP contribution in [0.1, 0.15) is 29.8 Å². The van der Waals surface area contributed by atoms with E-state index in [2.05, 4.69) is 15.4 Å². The Morgan fingerprint density at radius 3 is 2.52 bits per heavy atom. The molecule has 25 heavy (non-hydrogen) atoms. The van der Waals surface area contributed by atoms with Crippen LogP contribution in [-0.2, 0) is 16.6 Å². The number of hydrogen-bond donors (Lipinski definition) is 3. The van der Waals surface area contributed by atoms with Crippen LogP contribution in [0.4, 0.5) is 11.4 Å². The quantitative estimate of drug-likeness (QED) is 0.675. The third-order valence-corrected chi connectivity index (χ3v) is 4.87. The van der Waals surface area contributed by atoms with E-state index >= 15 is 0 Å². The van der Waals surface area contributed by atoms with E-state index in [0.29, 0.717) is 12.2 Å². The summed E-state index contributed by atoms with van der Waals surface area (Å²) < 4.78 is 26.0. The van der Waals surface area contributed by atoms with Gasteiger partial charge in [0.05, 0.1) is 17.0 Å². The van der Waals surface area contributed by atoms with Gasteiger partial charge in [-0.3, -0.25) is 9.52 Å². The van der Waals surface area contributed by atoms with E-state index in [-0.39, 0.29) is 22.9 Å². The van der Waals surface area contributed by atoms with Gasteiger partial charge in [0, 0.05) is 12.2 Å².